The average Bonchev–Trinajstić information content (AvgIpc) is 2.86. The number of rotatable bonds is 1. The molecule has 1 aromatic carbocycles. The van der Waals surface area contributed by atoms with Gasteiger partial charge in [-0.3, -0.25) is 9.36 Å². The molecular formula is C13H9F3N2OS2. The number of aromatic amines is 1. The number of nitrogens with one attached hydrogen (secondary N) is 1. The molecule has 0 radical (unpaired) electrons. The molecule has 2 aromatic rings. The van der Waals surface area contributed by atoms with Gasteiger partial charge >= 0.3 is 6.18 Å². The molecule has 1 N–H and O–H groups in total. The Labute approximate surface area is 126 Å². The van der Waals surface area contributed by atoms with E-state index < -0.39 is 11.7 Å². The van der Waals surface area contributed by atoms with E-state index in [1.54, 1.807) is 0 Å². The maximum atomic E-state index is 12.8. The molecule has 21 heavy (non-hydrogen) atoms. The molecule has 1 aliphatic heterocycles. The molecule has 1 aliphatic rings. The lowest BCUT2D eigenvalue weighted by Crippen LogP contribution is -2.23. The first-order valence-corrected chi connectivity index (χ1v) is 7.46. The van der Waals surface area contributed by atoms with Crippen molar-refractivity contribution in [2.45, 2.75) is 17.5 Å². The fraction of sp³-hybridized carbons (Fsp3) is 0.231. The predicted octanol–water partition coefficient (Wildman–Crippen LogP) is 3.56. The lowest BCUT2D eigenvalue weighted by atomic mass is 10.2. The van der Waals surface area contributed by atoms with Gasteiger partial charge in [-0.15, -0.1) is 11.8 Å². The van der Waals surface area contributed by atoms with E-state index in [-0.39, 0.29) is 16.0 Å². The first-order chi connectivity index (χ1) is 9.88. The maximum Gasteiger partial charge on any atom is 0.416 e. The van der Waals surface area contributed by atoms with Crippen molar-refractivity contribution in [3.8, 4) is 5.69 Å². The van der Waals surface area contributed by atoms with Crippen LogP contribution in [0.1, 0.15) is 11.3 Å². The number of thioether (sulfide) groups is 1. The van der Waals surface area contributed by atoms with Crippen molar-refractivity contribution in [3.63, 3.8) is 0 Å². The monoisotopic (exact) mass is 330 g/mol. The molecule has 2 heterocycles. The zero-order valence-electron chi connectivity index (χ0n) is 10.5. The third-order valence-corrected chi connectivity index (χ3v) is 4.57. The molecule has 0 unspecified atom stereocenters. The van der Waals surface area contributed by atoms with Crippen LogP contribution in [0.4, 0.5) is 13.2 Å². The number of hydrogen-bond acceptors (Lipinski definition) is 3. The van der Waals surface area contributed by atoms with Crippen LogP contribution in [0.5, 0.6) is 0 Å². The highest BCUT2D eigenvalue weighted by Gasteiger charge is 2.30. The molecule has 0 spiro atoms. The number of alkyl halides is 3. The molecule has 0 atom stereocenters. The molecule has 0 fully saturated rings. The Morgan fingerprint density at radius 3 is 2.81 bits per heavy atom. The number of aryl methyl sites for hydroxylation is 1. The second-order valence-electron chi connectivity index (χ2n) is 4.52. The molecule has 0 bridgehead atoms. The van der Waals surface area contributed by atoms with E-state index in [9.17, 15) is 18.0 Å². The molecule has 3 rings (SSSR count). The van der Waals surface area contributed by atoms with Crippen molar-refractivity contribution in [1.29, 1.82) is 0 Å². The summed E-state index contributed by atoms with van der Waals surface area (Å²) in [6.45, 7) is 0. The summed E-state index contributed by atoms with van der Waals surface area (Å²) in [6.07, 6.45) is -3.75. The summed E-state index contributed by atoms with van der Waals surface area (Å²) in [6, 6.07) is 4.59. The number of fused-ring (bicyclic) bond motifs is 1. The van der Waals surface area contributed by atoms with E-state index in [2.05, 4.69) is 4.98 Å². The van der Waals surface area contributed by atoms with Crippen molar-refractivity contribution in [1.82, 2.24) is 9.55 Å². The quantitative estimate of drug-likeness (QED) is 0.813. The highest BCUT2D eigenvalue weighted by atomic mass is 32.2. The van der Waals surface area contributed by atoms with Crippen molar-refractivity contribution in [2.24, 2.45) is 0 Å². The van der Waals surface area contributed by atoms with Crippen LogP contribution in [0.2, 0.25) is 0 Å². The van der Waals surface area contributed by atoms with Crippen LogP contribution >= 0.6 is 24.0 Å². The molecular weight excluding hydrogens is 321 g/mol. The van der Waals surface area contributed by atoms with Crippen LogP contribution < -0.4 is 5.56 Å². The van der Waals surface area contributed by atoms with Gasteiger partial charge in [-0.05, 0) is 36.8 Å². The summed E-state index contributed by atoms with van der Waals surface area (Å²) < 4.78 is 39.6. The zero-order valence-corrected chi connectivity index (χ0v) is 12.2. The standard InChI is InChI=1S/C13H9F3N2OS2/c14-13(15,16)7-2-1-3-8(6-7)18-11(19)10-9(4-5-21-10)17-12(18)20/h1-3,6H,4-5H2,(H,17,20). The van der Waals surface area contributed by atoms with Gasteiger partial charge in [0.15, 0.2) is 4.77 Å². The van der Waals surface area contributed by atoms with Gasteiger partial charge in [0.25, 0.3) is 5.56 Å². The van der Waals surface area contributed by atoms with Crippen LogP contribution in [0.3, 0.4) is 0 Å². The second kappa shape index (κ2) is 5.03. The summed E-state index contributed by atoms with van der Waals surface area (Å²) in [5.74, 6) is 0.766. The van der Waals surface area contributed by atoms with E-state index in [0.717, 1.165) is 28.1 Å². The van der Waals surface area contributed by atoms with Crippen LogP contribution in [0, 0.1) is 4.77 Å². The summed E-state index contributed by atoms with van der Waals surface area (Å²) in [5, 5.41) is 0. The third kappa shape index (κ3) is 2.53. The van der Waals surface area contributed by atoms with E-state index in [1.807, 2.05) is 0 Å². The first kappa shape index (κ1) is 14.4. The summed E-state index contributed by atoms with van der Waals surface area (Å²) in [7, 11) is 0. The number of aromatic nitrogens is 2. The van der Waals surface area contributed by atoms with Gasteiger partial charge in [0.05, 0.1) is 16.1 Å². The molecule has 0 saturated carbocycles. The Morgan fingerprint density at radius 2 is 2.10 bits per heavy atom. The van der Waals surface area contributed by atoms with Crippen molar-refractivity contribution in [3.05, 3.63) is 50.6 Å². The smallest absolute Gasteiger partial charge is 0.334 e. The van der Waals surface area contributed by atoms with Crippen LogP contribution in [0.15, 0.2) is 34.0 Å². The van der Waals surface area contributed by atoms with Crippen molar-refractivity contribution in [2.75, 3.05) is 5.75 Å². The Balaban J connectivity index is 2.23. The number of nitrogens with zero attached hydrogens (tertiary/aromatic N) is 1. The topological polar surface area (TPSA) is 37.8 Å². The van der Waals surface area contributed by atoms with Gasteiger partial charge in [0.1, 0.15) is 0 Å². The van der Waals surface area contributed by atoms with E-state index in [0.29, 0.717) is 11.3 Å². The summed E-state index contributed by atoms with van der Waals surface area (Å²) in [5.41, 5.74) is -0.297. The predicted molar refractivity (Wildman–Crippen MR) is 76.7 cm³/mol. The van der Waals surface area contributed by atoms with Crippen LogP contribution in [-0.2, 0) is 12.6 Å². The molecule has 1 aromatic heterocycles. The van der Waals surface area contributed by atoms with Crippen LogP contribution in [-0.4, -0.2) is 15.3 Å². The van der Waals surface area contributed by atoms with Gasteiger partial charge in [-0.1, -0.05) is 6.07 Å². The molecule has 110 valence electrons. The minimum atomic E-state index is -4.46. The summed E-state index contributed by atoms with van der Waals surface area (Å²) in [4.78, 5) is 15.9. The van der Waals surface area contributed by atoms with Crippen LogP contribution in [0.25, 0.3) is 5.69 Å². The first-order valence-electron chi connectivity index (χ1n) is 6.06. The lowest BCUT2D eigenvalue weighted by molar-refractivity contribution is -0.137. The van der Waals surface area contributed by atoms with E-state index >= 15 is 0 Å². The number of hydrogen-bond donors (Lipinski definition) is 1. The summed E-state index contributed by atoms with van der Waals surface area (Å²) >= 11 is 6.50. The second-order valence-corrected chi connectivity index (χ2v) is 6.02. The number of halogens is 3. The van der Waals surface area contributed by atoms with Gasteiger partial charge in [0, 0.05) is 11.4 Å². The number of H-pyrrole nitrogens is 1. The molecule has 8 heteroatoms. The molecule has 3 nitrogen and oxygen atoms in total. The Morgan fingerprint density at radius 1 is 1.33 bits per heavy atom. The zero-order chi connectivity index (χ0) is 15.2. The van der Waals surface area contributed by atoms with Gasteiger partial charge < -0.3 is 4.98 Å². The molecule has 0 amide bonds. The normalized spacial score (nSPS) is 14.2. The van der Waals surface area contributed by atoms with Gasteiger partial charge in [-0.25, -0.2) is 0 Å². The fourth-order valence-corrected chi connectivity index (χ4v) is 3.56. The SMILES string of the molecule is O=c1c2c([nH]c(=S)n1-c1cccc(C(F)(F)F)c1)CCS2. The minimum absolute atomic E-state index is 0.112. The fourth-order valence-electron chi connectivity index (χ4n) is 2.20. The third-order valence-electron chi connectivity index (χ3n) is 3.16. The van der Waals surface area contributed by atoms with Crippen molar-refractivity contribution >= 4 is 24.0 Å². The average molecular weight is 330 g/mol. The van der Waals surface area contributed by atoms with Crippen molar-refractivity contribution < 1.29 is 13.2 Å². The number of benzene rings is 1. The lowest BCUT2D eigenvalue weighted by Gasteiger charge is -2.11. The van der Waals surface area contributed by atoms with Gasteiger partial charge in [-0.2, -0.15) is 13.2 Å². The minimum Gasteiger partial charge on any atom is -0.334 e. The largest absolute Gasteiger partial charge is 0.416 e. The van der Waals surface area contributed by atoms with Gasteiger partial charge in [0.2, 0.25) is 0 Å². The Hall–Kier alpha value is -1.54. The Bertz CT molecular complexity index is 823. The maximum absolute atomic E-state index is 12.8. The van der Waals surface area contributed by atoms with E-state index in [4.69, 9.17) is 12.2 Å². The van der Waals surface area contributed by atoms with E-state index in [1.165, 1.54) is 23.9 Å². The highest BCUT2D eigenvalue weighted by molar-refractivity contribution is 7.99. The molecule has 0 saturated heterocycles. The Kier molecular flexibility index (Phi) is 3.45. The highest BCUT2D eigenvalue weighted by Crippen LogP contribution is 2.31. The molecule has 0 aliphatic carbocycles.